The number of carbonyl (C=O) groups is 1. The van der Waals surface area contributed by atoms with Crippen molar-refractivity contribution >= 4 is 17.2 Å². The van der Waals surface area contributed by atoms with Gasteiger partial charge in [-0.3, -0.25) is 4.79 Å². The van der Waals surface area contributed by atoms with Crippen molar-refractivity contribution in [1.29, 1.82) is 0 Å². The molecule has 0 saturated heterocycles. The van der Waals surface area contributed by atoms with Crippen LogP contribution in [0.3, 0.4) is 0 Å². The lowest BCUT2D eigenvalue weighted by Gasteiger charge is -1.99. The van der Waals surface area contributed by atoms with Crippen molar-refractivity contribution in [2.24, 2.45) is 0 Å². The third-order valence-corrected chi connectivity index (χ3v) is 2.31. The Morgan fingerprint density at radius 3 is 3.17 bits per heavy atom. The van der Waals surface area contributed by atoms with Crippen LogP contribution in [0.25, 0.3) is 0 Å². The summed E-state index contributed by atoms with van der Waals surface area (Å²) in [7, 11) is 0. The Hall–Kier alpha value is -0.900. The number of aromatic nitrogens is 1. The van der Waals surface area contributed by atoms with Gasteiger partial charge in [-0.1, -0.05) is 6.92 Å². The number of nitrogens with one attached hydrogen (secondary N) is 1. The minimum Gasteiger partial charge on any atom is -0.356 e. The fourth-order valence-corrected chi connectivity index (χ4v) is 1.43. The molecule has 4 heteroatoms. The van der Waals surface area contributed by atoms with E-state index in [0.29, 0.717) is 13.0 Å². The second kappa shape index (κ2) is 4.87. The molecule has 3 nitrogen and oxygen atoms in total. The summed E-state index contributed by atoms with van der Waals surface area (Å²) in [6, 6.07) is 0. The first-order chi connectivity index (χ1) is 5.83. The highest BCUT2D eigenvalue weighted by Gasteiger charge is 1.97. The van der Waals surface area contributed by atoms with Gasteiger partial charge in [0.25, 0.3) is 0 Å². The average Bonchev–Trinajstić information content (AvgIpc) is 2.57. The van der Waals surface area contributed by atoms with Gasteiger partial charge in [-0.2, -0.15) is 0 Å². The van der Waals surface area contributed by atoms with Crippen molar-refractivity contribution in [3.05, 3.63) is 16.6 Å². The number of carbonyl (C=O) groups excluding carboxylic acids is 1. The van der Waals surface area contributed by atoms with E-state index < -0.39 is 0 Å². The first-order valence-corrected chi connectivity index (χ1v) is 4.86. The molecule has 1 rings (SSSR count). The molecule has 66 valence electrons. The smallest absolute Gasteiger partial charge is 0.219 e. The van der Waals surface area contributed by atoms with Crippen LogP contribution in [-0.4, -0.2) is 17.4 Å². The SMILES string of the molecule is CCC(=O)NCCc1nccs1. The van der Waals surface area contributed by atoms with Crippen LogP contribution >= 0.6 is 11.3 Å². The molecule has 0 aromatic carbocycles. The zero-order valence-electron chi connectivity index (χ0n) is 7.04. The maximum atomic E-state index is 10.8. The molecule has 0 aliphatic rings. The van der Waals surface area contributed by atoms with Gasteiger partial charge in [0.2, 0.25) is 5.91 Å². The van der Waals surface area contributed by atoms with Gasteiger partial charge in [0, 0.05) is 31.0 Å². The lowest BCUT2D eigenvalue weighted by Crippen LogP contribution is -2.24. The third kappa shape index (κ3) is 3.00. The van der Waals surface area contributed by atoms with E-state index >= 15 is 0 Å². The second-order valence-corrected chi connectivity index (χ2v) is 3.36. The van der Waals surface area contributed by atoms with Crippen LogP contribution in [0, 0.1) is 0 Å². The molecule has 1 N–H and O–H groups in total. The largest absolute Gasteiger partial charge is 0.356 e. The summed E-state index contributed by atoms with van der Waals surface area (Å²) in [5, 5.41) is 5.82. The van der Waals surface area contributed by atoms with Crippen molar-refractivity contribution in [1.82, 2.24) is 10.3 Å². The number of rotatable bonds is 4. The summed E-state index contributed by atoms with van der Waals surface area (Å²) in [6.07, 6.45) is 3.17. The molecular weight excluding hydrogens is 172 g/mol. The minimum absolute atomic E-state index is 0.103. The van der Waals surface area contributed by atoms with E-state index in [1.807, 2.05) is 12.3 Å². The van der Waals surface area contributed by atoms with E-state index in [-0.39, 0.29) is 5.91 Å². The molecule has 1 aromatic heterocycles. The van der Waals surface area contributed by atoms with Gasteiger partial charge < -0.3 is 5.32 Å². The summed E-state index contributed by atoms with van der Waals surface area (Å²) in [4.78, 5) is 14.9. The molecule has 0 bridgehead atoms. The highest BCUT2D eigenvalue weighted by molar-refractivity contribution is 7.09. The fraction of sp³-hybridized carbons (Fsp3) is 0.500. The molecule has 1 heterocycles. The normalized spacial score (nSPS) is 9.75. The predicted octanol–water partition coefficient (Wildman–Crippen LogP) is 1.21. The Bertz CT molecular complexity index is 233. The second-order valence-electron chi connectivity index (χ2n) is 2.38. The van der Waals surface area contributed by atoms with Gasteiger partial charge in [0.05, 0.1) is 5.01 Å². The van der Waals surface area contributed by atoms with Crippen molar-refractivity contribution in [2.45, 2.75) is 19.8 Å². The number of hydrogen-bond acceptors (Lipinski definition) is 3. The van der Waals surface area contributed by atoms with Crippen molar-refractivity contribution in [3.8, 4) is 0 Å². The van der Waals surface area contributed by atoms with E-state index in [1.54, 1.807) is 17.5 Å². The van der Waals surface area contributed by atoms with Crippen LogP contribution in [0.15, 0.2) is 11.6 Å². The van der Waals surface area contributed by atoms with Gasteiger partial charge in [-0.15, -0.1) is 11.3 Å². The maximum absolute atomic E-state index is 10.8. The van der Waals surface area contributed by atoms with Crippen molar-refractivity contribution in [3.63, 3.8) is 0 Å². The fourth-order valence-electron chi connectivity index (χ4n) is 0.810. The number of amides is 1. The van der Waals surface area contributed by atoms with E-state index in [0.717, 1.165) is 11.4 Å². The lowest BCUT2D eigenvalue weighted by atomic mass is 10.4. The minimum atomic E-state index is 0.103. The standard InChI is InChI=1S/C8H12N2OS/c1-2-7(11)9-4-3-8-10-5-6-12-8/h5-6H,2-4H2,1H3,(H,9,11). The van der Waals surface area contributed by atoms with Crippen LogP contribution in [-0.2, 0) is 11.2 Å². The van der Waals surface area contributed by atoms with E-state index in [4.69, 9.17) is 0 Å². The zero-order valence-corrected chi connectivity index (χ0v) is 7.86. The summed E-state index contributed by atoms with van der Waals surface area (Å²) in [5.41, 5.74) is 0. The van der Waals surface area contributed by atoms with E-state index in [2.05, 4.69) is 10.3 Å². The molecule has 0 atom stereocenters. The van der Waals surface area contributed by atoms with Crippen LogP contribution in [0.1, 0.15) is 18.4 Å². The van der Waals surface area contributed by atoms with E-state index in [9.17, 15) is 4.79 Å². The number of thiazole rings is 1. The van der Waals surface area contributed by atoms with Gasteiger partial charge in [0.1, 0.15) is 0 Å². The number of hydrogen-bond donors (Lipinski definition) is 1. The zero-order chi connectivity index (χ0) is 8.81. The molecule has 0 spiro atoms. The first kappa shape index (κ1) is 9.19. The van der Waals surface area contributed by atoms with E-state index in [1.165, 1.54) is 0 Å². The molecule has 0 unspecified atom stereocenters. The highest BCUT2D eigenvalue weighted by Crippen LogP contribution is 2.03. The monoisotopic (exact) mass is 184 g/mol. The Morgan fingerprint density at radius 1 is 1.75 bits per heavy atom. The molecule has 1 aromatic rings. The third-order valence-electron chi connectivity index (χ3n) is 1.47. The highest BCUT2D eigenvalue weighted by atomic mass is 32.1. The van der Waals surface area contributed by atoms with Crippen LogP contribution in [0.4, 0.5) is 0 Å². The first-order valence-electron chi connectivity index (χ1n) is 3.98. The Kier molecular flexibility index (Phi) is 3.73. The molecular formula is C8H12N2OS. The average molecular weight is 184 g/mol. The van der Waals surface area contributed by atoms with Gasteiger partial charge in [-0.05, 0) is 0 Å². The Labute approximate surface area is 75.8 Å². The summed E-state index contributed by atoms with van der Waals surface area (Å²) in [5.74, 6) is 0.103. The topological polar surface area (TPSA) is 42.0 Å². The van der Waals surface area contributed by atoms with Gasteiger partial charge >= 0.3 is 0 Å². The molecule has 0 aliphatic carbocycles. The van der Waals surface area contributed by atoms with Gasteiger partial charge in [-0.25, -0.2) is 4.98 Å². The predicted molar refractivity (Wildman–Crippen MR) is 49.1 cm³/mol. The Balaban J connectivity index is 2.15. The van der Waals surface area contributed by atoms with Crippen LogP contribution < -0.4 is 5.32 Å². The number of nitrogens with zero attached hydrogens (tertiary/aromatic N) is 1. The maximum Gasteiger partial charge on any atom is 0.219 e. The van der Waals surface area contributed by atoms with Crippen LogP contribution in [0.5, 0.6) is 0 Å². The lowest BCUT2D eigenvalue weighted by molar-refractivity contribution is -0.120. The van der Waals surface area contributed by atoms with Gasteiger partial charge in [0.15, 0.2) is 0 Å². The van der Waals surface area contributed by atoms with Crippen LogP contribution in [0.2, 0.25) is 0 Å². The molecule has 0 saturated carbocycles. The molecule has 0 fully saturated rings. The quantitative estimate of drug-likeness (QED) is 0.764. The molecule has 1 amide bonds. The summed E-state index contributed by atoms with van der Waals surface area (Å²) < 4.78 is 0. The molecule has 0 aliphatic heterocycles. The summed E-state index contributed by atoms with van der Waals surface area (Å²) in [6.45, 7) is 2.54. The Morgan fingerprint density at radius 2 is 2.58 bits per heavy atom. The van der Waals surface area contributed by atoms with Crippen molar-refractivity contribution in [2.75, 3.05) is 6.54 Å². The molecule has 0 radical (unpaired) electrons. The summed E-state index contributed by atoms with van der Waals surface area (Å²) >= 11 is 1.62. The van der Waals surface area contributed by atoms with Crippen molar-refractivity contribution < 1.29 is 4.79 Å². The molecule has 12 heavy (non-hydrogen) atoms.